The molecule has 2 aromatic carbocycles. The molecule has 0 aliphatic rings. The summed E-state index contributed by atoms with van der Waals surface area (Å²) in [4.78, 5) is 11.1. The van der Waals surface area contributed by atoms with Crippen molar-refractivity contribution < 1.29 is 24.5 Å². The van der Waals surface area contributed by atoms with Crippen LogP contribution < -0.4 is 9.47 Å². The van der Waals surface area contributed by atoms with E-state index in [4.69, 9.17) is 14.6 Å². The number of aromatic carboxylic acids is 1. The van der Waals surface area contributed by atoms with Crippen LogP contribution in [0.15, 0.2) is 18.2 Å². The second kappa shape index (κ2) is 5.28. The van der Waals surface area contributed by atoms with Gasteiger partial charge in [-0.25, -0.2) is 4.79 Å². The van der Waals surface area contributed by atoms with Gasteiger partial charge in [0, 0.05) is 10.9 Å². The molecule has 2 aromatic rings. The van der Waals surface area contributed by atoms with Gasteiger partial charge in [-0.15, -0.1) is 0 Å². The highest BCUT2D eigenvalue weighted by atomic mass is 16.5. The van der Waals surface area contributed by atoms with E-state index in [-0.39, 0.29) is 11.3 Å². The minimum Gasteiger partial charge on any atom is -0.507 e. The summed E-state index contributed by atoms with van der Waals surface area (Å²) >= 11 is 0. The zero-order valence-electron chi connectivity index (χ0n) is 11.6. The summed E-state index contributed by atoms with van der Waals surface area (Å²) in [7, 11) is 3.05. The van der Waals surface area contributed by atoms with Crippen molar-refractivity contribution in [1.29, 1.82) is 0 Å². The lowest BCUT2D eigenvalue weighted by Gasteiger charge is -2.16. The normalized spacial score (nSPS) is 10.6. The fourth-order valence-corrected chi connectivity index (χ4v) is 2.36. The van der Waals surface area contributed by atoms with Gasteiger partial charge in [-0.05, 0) is 30.0 Å². The molecule has 0 atom stereocenters. The molecule has 0 radical (unpaired) electrons. The summed E-state index contributed by atoms with van der Waals surface area (Å²) in [5, 5.41) is 20.3. The molecular weight excluding hydrogens is 260 g/mol. The first-order valence-corrected chi connectivity index (χ1v) is 6.17. The molecule has 0 saturated heterocycles. The van der Waals surface area contributed by atoms with Crippen molar-refractivity contribution >= 4 is 16.7 Å². The minimum atomic E-state index is -1.08. The number of methoxy groups -OCH3 is 2. The highest BCUT2D eigenvalue weighted by Gasteiger charge is 2.18. The average molecular weight is 276 g/mol. The number of fused-ring (bicyclic) bond motifs is 1. The van der Waals surface area contributed by atoms with Gasteiger partial charge in [-0.3, -0.25) is 0 Å². The predicted octanol–water partition coefficient (Wildman–Crippen LogP) is 2.82. The van der Waals surface area contributed by atoms with Crippen LogP contribution in [0.2, 0.25) is 0 Å². The number of aromatic hydroxyl groups is 1. The van der Waals surface area contributed by atoms with E-state index in [1.807, 2.05) is 6.92 Å². The number of phenolic OH excluding ortho intramolecular Hbond substituents is 1. The fourth-order valence-electron chi connectivity index (χ4n) is 2.36. The molecule has 0 heterocycles. The number of carbonyl (C=O) groups is 1. The molecule has 0 aromatic heterocycles. The van der Waals surface area contributed by atoms with Crippen molar-refractivity contribution in [2.24, 2.45) is 0 Å². The van der Waals surface area contributed by atoms with Crippen LogP contribution in [-0.2, 0) is 6.42 Å². The highest BCUT2D eigenvalue weighted by molar-refractivity contribution is 6.00. The maximum atomic E-state index is 11.1. The molecule has 106 valence electrons. The van der Waals surface area contributed by atoms with Crippen molar-refractivity contribution in [3.05, 3.63) is 29.3 Å². The lowest BCUT2D eigenvalue weighted by atomic mass is 9.97. The van der Waals surface area contributed by atoms with E-state index in [0.717, 1.165) is 5.56 Å². The molecule has 2 rings (SSSR count). The van der Waals surface area contributed by atoms with Gasteiger partial charge in [0.2, 0.25) is 0 Å². The van der Waals surface area contributed by atoms with E-state index in [0.29, 0.717) is 28.7 Å². The Hall–Kier alpha value is -2.43. The summed E-state index contributed by atoms with van der Waals surface area (Å²) in [6, 6.07) is 4.42. The first-order chi connectivity index (χ1) is 9.53. The van der Waals surface area contributed by atoms with Crippen molar-refractivity contribution in [2.45, 2.75) is 13.3 Å². The van der Waals surface area contributed by atoms with Crippen molar-refractivity contribution in [1.82, 2.24) is 0 Å². The monoisotopic (exact) mass is 276 g/mol. The average Bonchev–Trinajstić information content (AvgIpc) is 2.44. The Bertz CT molecular complexity index is 676. The Balaban J connectivity index is 2.92. The van der Waals surface area contributed by atoms with Gasteiger partial charge >= 0.3 is 5.97 Å². The molecule has 2 N–H and O–H groups in total. The number of ether oxygens (including phenoxy) is 2. The van der Waals surface area contributed by atoms with E-state index in [9.17, 15) is 9.90 Å². The molecule has 0 unspecified atom stereocenters. The molecule has 0 aliphatic carbocycles. The summed E-state index contributed by atoms with van der Waals surface area (Å²) in [6.07, 6.45) is 0.624. The second-order valence-electron chi connectivity index (χ2n) is 4.34. The molecule has 0 saturated carbocycles. The third-order valence-corrected chi connectivity index (χ3v) is 3.28. The van der Waals surface area contributed by atoms with Gasteiger partial charge < -0.3 is 19.7 Å². The number of benzene rings is 2. The molecule has 0 fully saturated rings. The van der Waals surface area contributed by atoms with E-state index >= 15 is 0 Å². The topological polar surface area (TPSA) is 76.0 Å². The van der Waals surface area contributed by atoms with E-state index in [1.54, 1.807) is 6.07 Å². The van der Waals surface area contributed by atoms with Crippen LogP contribution in [0, 0.1) is 0 Å². The number of phenols is 1. The first-order valence-electron chi connectivity index (χ1n) is 6.17. The van der Waals surface area contributed by atoms with Gasteiger partial charge in [0.15, 0.2) is 11.5 Å². The van der Waals surface area contributed by atoms with Crippen LogP contribution in [0.4, 0.5) is 0 Å². The smallest absolute Gasteiger partial charge is 0.335 e. The largest absolute Gasteiger partial charge is 0.507 e. The lowest BCUT2D eigenvalue weighted by Crippen LogP contribution is -2.00. The van der Waals surface area contributed by atoms with Crippen LogP contribution in [-0.4, -0.2) is 30.4 Å². The van der Waals surface area contributed by atoms with Crippen LogP contribution in [0.3, 0.4) is 0 Å². The van der Waals surface area contributed by atoms with Crippen molar-refractivity contribution in [3.63, 3.8) is 0 Å². The standard InChI is InChI=1S/C15H16O5/c1-4-9-10-5-8(15(17)18)6-12(16)11(10)7-13(19-2)14(9)20-3/h5-7,16H,4H2,1-3H3,(H,17,18). The van der Waals surface area contributed by atoms with Gasteiger partial charge in [-0.1, -0.05) is 6.92 Å². The number of carboxylic acids is 1. The Morgan fingerprint density at radius 2 is 1.85 bits per heavy atom. The summed E-state index contributed by atoms with van der Waals surface area (Å²) in [5.41, 5.74) is 0.845. The minimum absolute atomic E-state index is 0.0388. The molecule has 5 heteroatoms. The van der Waals surface area contributed by atoms with Gasteiger partial charge in [0.25, 0.3) is 0 Å². The predicted molar refractivity (Wildman–Crippen MR) is 75.1 cm³/mol. The molecular formula is C15H16O5. The Kier molecular flexibility index (Phi) is 3.70. The third kappa shape index (κ3) is 2.11. The number of carboxylic acid groups (broad SMARTS) is 1. The van der Waals surface area contributed by atoms with E-state index in [2.05, 4.69) is 0 Å². The summed E-state index contributed by atoms with van der Waals surface area (Å²) in [6.45, 7) is 1.93. The van der Waals surface area contributed by atoms with Crippen molar-refractivity contribution in [2.75, 3.05) is 14.2 Å². The van der Waals surface area contributed by atoms with Crippen molar-refractivity contribution in [3.8, 4) is 17.2 Å². The highest BCUT2D eigenvalue weighted by Crippen LogP contribution is 2.41. The lowest BCUT2D eigenvalue weighted by molar-refractivity contribution is 0.0696. The number of hydrogen-bond acceptors (Lipinski definition) is 4. The van der Waals surface area contributed by atoms with Crippen LogP contribution in [0.1, 0.15) is 22.8 Å². The molecule has 5 nitrogen and oxygen atoms in total. The molecule has 0 spiro atoms. The molecule has 20 heavy (non-hydrogen) atoms. The Morgan fingerprint density at radius 3 is 2.35 bits per heavy atom. The first kappa shape index (κ1) is 14.0. The van der Waals surface area contributed by atoms with Gasteiger partial charge in [0.05, 0.1) is 19.8 Å². The number of aryl methyl sites for hydroxylation is 1. The maximum absolute atomic E-state index is 11.1. The number of rotatable bonds is 4. The van der Waals surface area contributed by atoms with E-state index < -0.39 is 5.97 Å². The quantitative estimate of drug-likeness (QED) is 0.898. The van der Waals surface area contributed by atoms with E-state index in [1.165, 1.54) is 26.4 Å². The second-order valence-corrected chi connectivity index (χ2v) is 4.34. The maximum Gasteiger partial charge on any atom is 0.335 e. The fraction of sp³-hybridized carbons (Fsp3) is 0.267. The van der Waals surface area contributed by atoms with Crippen LogP contribution in [0.25, 0.3) is 10.8 Å². The van der Waals surface area contributed by atoms with Crippen LogP contribution >= 0.6 is 0 Å². The third-order valence-electron chi connectivity index (χ3n) is 3.28. The SMILES string of the molecule is CCc1c(OC)c(OC)cc2c(O)cc(C(=O)O)cc12. The van der Waals surface area contributed by atoms with Crippen LogP contribution in [0.5, 0.6) is 17.2 Å². The Labute approximate surface area is 116 Å². The number of hydrogen-bond donors (Lipinski definition) is 2. The van der Waals surface area contributed by atoms with Gasteiger partial charge in [0.1, 0.15) is 5.75 Å². The zero-order chi connectivity index (χ0) is 14.9. The summed E-state index contributed by atoms with van der Waals surface area (Å²) < 4.78 is 10.6. The molecule has 0 amide bonds. The van der Waals surface area contributed by atoms with Gasteiger partial charge in [-0.2, -0.15) is 0 Å². The molecule has 0 bridgehead atoms. The molecule has 0 aliphatic heterocycles. The summed E-state index contributed by atoms with van der Waals surface area (Å²) in [5.74, 6) is -0.103. The zero-order valence-corrected chi connectivity index (χ0v) is 11.6. The Morgan fingerprint density at radius 1 is 1.15 bits per heavy atom.